The second-order valence-electron chi connectivity index (χ2n) is 4.26. The number of aromatic nitrogens is 2. The minimum atomic E-state index is -0.104. The van der Waals surface area contributed by atoms with Crippen molar-refractivity contribution in [2.45, 2.75) is 26.3 Å². The van der Waals surface area contributed by atoms with Gasteiger partial charge in [-0.25, -0.2) is 0 Å². The zero-order valence-corrected chi connectivity index (χ0v) is 8.94. The van der Waals surface area contributed by atoms with E-state index in [1.54, 1.807) is 18.4 Å². The summed E-state index contributed by atoms with van der Waals surface area (Å²) in [7, 11) is 0. The highest BCUT2D eigenvalue weighted by atomic mass is 16.4. The summed E-state index contributed by atoms with van der Waals surface area (Å²) in [6.07, 6.45) is 1.57. The summed E-state index contributed by atoms with van der Waals surface area (Å²) < 4.78 is 10.5. The van der Waals surface area contributed by atoms with Crippen LogP contribution in [-0.4, -0.2) is 15.7 Å². The minimum absolute atomic E-state index is 0.104. The standard InChI is InChI=1S/C10H13N3O2/c1-10(2,3)11-9-13-12-8(15-9)7-5-4-6-14-7/h4-6H,1-3H3,(H,11,13). The van der Waals surface area contributed by atoms with Crippen LogP contribution in [-0.2, 0) is 0 Å². The lowest BCUT2D eigenvalue weighted by Crippen LogP contribution is -2.26. The van der Waals surface area contributed by atoms with Crippen LogP contribution in [0.4, 0.5) is 6.01 Å². The van der Waals surface area contributed by atoms with E-state index in [4.69, 9.17) is 8.83 Å². The van der Waals surface area contributed by atoms with Crippen LogP contribution in [0.1, 0.15) is 20.8 Å². The maximum atomic E-state index is 5.38. The third kappa shape index (κ3) is 2.37. The van der Waals surface area contributed by atoms with Gasteiger partial charge in [-0.2, -0.15) is 0 Å². The average Bonchev–Trinajstić information content (AvgIpc) is 2.68. The molecule has 1 N–H and O–H groups in total. The first kappa shape index (κ1) is 9.76. The zero-order valence-electron chi connectivity index (χ0n) is 8.94. The summed E-state index contributed by atoms with van der Waals surface area (Å²) in [5, 5.41) is 10.8. The van der Waals surface area contributed by atoms with E-state index in [0.29, 0.717) is 17.7 Å². The summed E-state index contributed by atoms with van der Waals surface area (Å²) in [6, 6.07) is 3.94. The van der Waals surface area contributed by atoms with E-state index in [2.05, 4.69) is 15.5 Å². The smallest absolute Gasteiger partial charge is 0.316 e. The van der Waals surface area contributed by atoms with Crippen LogP contribution in [0.25, 0.3) is 11.7 Å². The maximum Gasteiger partial charge on any atom is 0.316 e. The van der Waals surface area contributed by atoms with Gasteiger partial charge in [0.15, 0.2) is 5.76 Å². The van der Waals surface area contributed by atoms with Gasteiger partial charge in [0.1, 0.15) is 0 Å². The van der Waals surface area contributed by atoms with Crippen molar-refractivity contribution >= 4 is 6.01 Å². The van der Waals surface area contributed by atoms with Crippen LogP contribution < -0.4 is 5.32 Å². The molecule has 0 aliphatic heterocycles. The Labute approximate surface area is 87.5 Å². The molecule has 0 bridgehead atoms. The molecule has 0 unspecified atom stereocenters. The molecular weight excluding hydrogens is 194 g/mol. The molecule has 2 heterocycles. The lowest BCUT2D eigenvalue weighted by atomic mass is 10.1. The Morgan fingerprint density at radius 1 is 1.27 bits per heavy atom. The molecule has 0 aromatic carbocycles. The monoisotopic (exact) mass is 207 g/mol. The lowest BCUT2D eigenvalue weighted by Gasteiger charge is -2.17. The molecule has 2 aromatic rings. The number of hydrogen-bond acceptors (Lipinski definition) is 5. The van der Waals surface area contributed by atoms with Crippen LogP contribution in [0, 0.1) is 0 Å². The van der Waals surface area contributed by atoms with Crippen molar-refractivity contribution in [2.75, 3.05) is 5.32 Å². The largest absolute Gasteiger partial charge is 0.459 e. The second-order valence-corrected chi connectivity index (χ2v) is 4.26. The highest BCUT2D eigenvalue weighted by Gasteiger charge is 2.15. The fraction of sp³-hybridized carbons (Fsp3) is 0.400. The number of hydrogen-bond donors (Lipinski definition) is 1. The maximum absolute atomic E-state index is 5.38. The Morgan fingerprint density at radius 3 is 2.67 bits per heavy atom. The highest BCUT2D eigenvalue weighted by Crippen LogP contribution is 2.21. The molecule has 15 heavy (non-hydrogen) atoms. The predicted molar refractivity (Wildman–Crippen MR) is 55.4 cm³/mol. The second kappa shape index (κ2) is 3.42. The summed E-state index contributed by atoms with van der Waals surface area (Å²) >= 11 is 0. The van der Waals surface area contributed by atoms with Crippen LogP contribution >= 0.6 is 0 Å². The first-order valence-electron chi connectivity index (χ1n) is 4.70. The summed E-state index contributed by atoms with van der Waals surface area (Å²) in [4.78, 5) is 0. The van der Waals surface area contributed by atoms with E-state index < -0.39 is 0 Å². The number of furan rings is 1. The Balaban J connectivity index is 2.18. The average molecular weight is 207 g/mol. The van der Waals surface area contributed by atoms with Gasteiger partial charge >= 0.3 is 6.01 Å². The van der Waals surface area contributed by atoms with E-state index in [-0.39, 0.29) is 5.54 Å². The Hall–Kier alpha value is -1.78. The van der Waals surface area contributed by atoms with Crippen molar-refractivity contribution in [1.29, 1.82) is 0 Å². The van der Waals surface area contributed by atoms with Crippen molar-refractivity contribution < 1.29 is 8.83 Å². The van der Waals surface area contributed by atoms with Crippen molar-refractivity contribution in [3.05, 3.63) is 18.4 Å². The molecule has 0 radical (unpaired) electrons. The molecule has 0 atom stereocenters. The molecule has 0 fully saturated rings. The Bertz CT molecular complexity index is 426. The molecule has 0 saturated carbocycles. The molecule has 2 rings (SSSR count). The molecule has 2 aromatic heterocycles. The van der Waals surface area contributed by atoms with Crippen molar-refractivity contribution in [2.24, 2.45) is 0 Å². The van der Waals surface area contributed by atoms with Gasteiger partial charge in [-0.1, -0.05) is 5.10 Å². The van der Waals surface area contributed by atoms with Crippen LogP contribution in [0.5, 0.6) is 0 Å². The molecule has 5 heteroatoms. The summed E-state index contributed by atoms with van der Waals surface area (Å²) in [6.45, 7) is 6.05. The molecule has 0 aliphatic rings. The van der Waals surface area contributed by atoms with Gasteiger partial charge < -0.3 is 14.2 Å². The Kier molecular flexibility index (Phi) is 2.22. The fourth-order valence-electron chi connectivity index (χ4n) is 1.09. The SMILES string of the molecule is CC(C)(C)Nc1nnc(-c2ccco2)o1. The van der Waals surface area contributed by atoms with Crippen LogP contribution in [0.15, 0.2) is 27.2 Å². The fourth-order valence-corrected chi connectivity index (χ4v) is 1.09. The van der Waals surface area contributed by atoms with E-state index in [1.807, 2.05) is 20.8 Å². The van der Waals surface area contributed by atoms with E-state index in [0.717, 1.165) is 0 Å². The van der Waals surface area contributed by atoms with Gasteiger partial charge in [-0.3, -0.25) is 0 Å². The van der Waals surface area contributed by atoms with Gasteiger partial charge in [-0.05, 0) is 32.9 Å². The predicted octanol–water partition coefficient (Wildman–Crippen LogP) is 2.54. The van der Waals surface area contributed by atoms with Crippen LogP contribution in [0.2, 0.25) is 0 Å². The zero-order chi connectivity index (χ0) is 10.9. The van der Waals surface area contributed by atoms with E-state index in [1.165, 1.54) is 0 Å². The Morgan fingerprint density at radius 2 is 2.07 bits per heavy atom. The number of nitrogens with one attached hydrogen (secondary N) is 1. The first-order valence-corrected chi connectivity index (χ1v) is 4.70. The van der Waals surface area contributed by atoms with Crippen LogP contribution in [0.3, 0.4) is 0 Å². The van der Waals surface area contributed by atoms with Gasteiger partial charge in [0.25, 0.3) is 5.89 Å². The summed E-state index contributed by atoms with van der Waals surface area (Å²) in [5.41, 5.74) is -0.104. The molecule has 80 valence electrons. The molecule has 5 nitrogen and oxygen atoms in total. The van der Waals surface area contributed by atoms with Crippen molar-refractivity contribution in [3.8, 4) is 11.7 Å². The first-order chi connectivity index (χ1) is 7.04. The number of rotatable bonds is 2. The number of nitrogens with zero attached hydrogens (tertiary/aromatic N) is 2. The number of anilines is 1. The van der Waals surface area contributed by atoms with Gasteiger partial charge in [-0.15, -0.1) is 5.10 Å². The quantitative estimate of drug-likeness (QED) is 0.819. The summed E-state index contributed by atoms with van der Waals surface area (Å²) in [5.74, 6) is 0.955. The molecule has 0 aliphatic carbocycles. The van der Waals surface area contributed by atoms with E-state index >= 15 is 0 Å². The molecule has 0 saturated heterocycles. The minimum Gasteiger partial charge on any atom is -0.459 e. The topological polar surface area (TPSA) is 64.1 Å². The molecular formula is C10H13N3O2. The van der Waals surface area contributed by atoms with Gasteiger partial charge in [0.2, 0.25) is 0 Å². The normalized spacial score (nSPS) is 11.7. The van der Waals surface area contributed by atoms with Gasteiger partial charge in [0, 0.05) is 5.54 Å². The molecule has 0 amide bonds. The lowest BCUT2D eigenvalue weighted by molar-refractivity contribution is 0.507. The third-order valence-corrected chi connectivity index (χ3v) is 1.64. The van der Waals surface area contributed by atoms with Gasteiger partial charge in [0.05, 0.1) is 6.26 Å². The molecule has 0 spiro atoms. The van der Waals surface area contributed by atoms with E-state index in [9.17, 15) is 0 Å². The third-order valence-electron chi connectivity index (χ3n) is 1.64. The van der Waals surface area contributed by atoms with Crippen molar-refractivity contribution in [1.82, 2.24) is 10.2 Å². The highest BCUT2D eigenvalue weighted by molar-refractivity contribution is 5.44. The van der Waals surface area contributed by atoms with Crippen molar-refractivity contribution in [3.63, 3.8) is 0 Å².